The van der Waals surface area contributed by atoms with Crippen LogP contribution in [0.3, 0.4) is 0 Å². The van der Waals surface area contributed by atoms with E-state index >= 15 is 0 Å². The van der Waals surface area contributed by atoms with Gasteiger partial charge in [-0.05, 0) is 134 Å². The molecule has 394 valence electrons. The van der Waals surface area contributed by atoms with E-state index in [1.54, 1.807) is 0 Å². The predicted octanol–water partition coefficient (Wildman–Crippen LogP) is 19.2. The standard InChI is InChI=1S/C74H67N5O/c1-48(72(2,3)4)50-38-39-75-70(42-50)79-66-37-34-55(78-64-30-16-14-26-60(64)61-27-15-17-31-65(61)78)45-63(66)62-36-35-57(46-69(62)79)80-56-25-20-24-54(44-56)76-47-77(68-33-19-18-32-67(68)76)71-58(49-22-12-11-13-23-49)28-21-29-59(71)51-40-52(73(5,6)7)43-53(41-51)74(8,9)10/h11-46,48H,1-10H3/i11D,12D,13D,22D,23D. The van der Waals surface area contributed by atoms with Gasteiger partial charge in [-0.15, -0.1) is 0 Å². The topological polar surface area (TPSA) is 40.8 Å². The molecule has 0 N–H and O–H groups in total. The minimum atomic E-state index is -0.442. The number of fused-ring (bicyclic) bond motifs is 7. The van der Waals surface area contributed by atoms with Crippen molar-refractivity contribution in [3.05, 3.63) is 241 Å². The normalized spacial score (nSPS) is 13.7. The molecule has 9 aromatic carbocycles. The highest BCUT2D eigenvalue weighted by Crippen LogP contribution is 2.42. The number of ether oxygens (including phenoxy) is 1. The molecule has 0 radical (unpaired) electrons. The van der Waals surface area contributed by atoms with Crippen molar-refractivity contribution >= 4 is 54.6 Å². The zero-order valence-electron chi connectivity index (χ0n) is 52.1. The largest absolute Gasteiger partial charge is 0.458 e. The summed E-state index contributed by atoms with van der Waals surface area (Å²) in [6.45, 7) is 22.4. The number of hydrogen-bond donors (Lipinski definition) is 0. The van der Waals surface area contributed by atoms with Gasteiger partial charge in [0.25, 0.3) is 6.33 Å². The minimum absolute atomic E-state index is 0.0356. The zero-order valence-corrected chi connectivity index (χ0v) is 47.1. The summed E-state index contributed by atoms with van der Waals surface area (Å²) in [5.74, 6) is 2.36. The predicted molar refractivity (Wildman–Crippen MR) is 333 cm³/mol. The van der Waals surface area contributed by atoms with Gasteiger partial charge in [-0.3, -0.25) is 13.7 Å². The average Bonchev–Trinajstić information content (AvgIpc) is 3.02. The molecule has 0 aliphatic heterocycles. The fourth-order valence-electron chi connectivity index (χ4n) is 11.5. The number of nitrogens with zero attached hydrogens (tertiary/aromatic N) is 5. The molecule has 0 bridgehead atoms. The molecule has 0 fully saturated rings. The zero-order chi connectivity index (χ0) is 59.6. The molecule has 0 amide bonds. The van der Waals surface area contributed by atoms with Gasteiger partial charge in [0.2, 0.25) is 0 Å². The van der Waals surface area contributed by atoms with E-state index in [2.05, 4.69) is 200 Å². The minimum Gasteiger partial charge on any atom is -0.458 e. The lowest BCUT2D eigenvalue weighted by Crippen LogP contribution is -2.31. The van der Waals surface area contributed by atoms with E-state index in [1.807, 2.05) is 82.1 Å². The summed E-state index contributed by atoms with van der Waals surface area (Å²) in [4.78, 5) is 5.07. The summed E-state index contributed by atoms with van der Waals surface area (Å²) in [5, 5.41) is 4.58. The van der Waals surface area contributed by atoms with Gasteiger partial charge in [-0.25, -0.2) is 4.98 Å². The molecule has 0 saturated carbocycles. The van der Waals surface area contributed by atoms with Crippen LogP contribution in [0.5, 0.6) is 11.5 Å². The van der Waals surface area contributed by atoms with E-state index < -0.39 is 18.1 Å². The van der Waals surface area contributed by atoms with Gasteiger partial charge in [0.1, 0.15) is 17.3 Å². The summed E-state index contributed by atoms with van der Waals surface area (Å²) in [7, 11) is 0. The van der Waals surface area contributed by atoms with Gasteiger partial charge in [0.15, 0.2) is 0 Å². The summed E-state index contributed by atoms with van der Waals surface area (Å²) in [6, 6.07) is 61.4. The second-order valence-corrected chi connectivity index (χ2v) is 24.5. The van der Waals surface area contributed by atoms with Crippen molar-refractivity contribution in [2.24, 2.45) is 5.41 Å². The molecule has 1 atom stereocenters. The van der Waals surface area contributed by atoms with E-state index in [4.69, 9.17) is 13.8 Å². The Morgan fingerprint density at radius 2 is 1.11 bits per heavy atom. The average molecular weight is 1050 g/mol. The molecule has 4 aromatic heterocycles. The second kappa shape index (κ2) is 19.1. The molecule has 0 aliphatic carbocycles. The first-order valence-corrected chi connectivity index (χ1v) is 27.7. The lowest BCUT2D eigenvalue weighted by atomic mass is 9.78. The maximum absolute atomic E-state index is 9.30. The SMILES string of the molecule is [2H]c1c([2H])c([2H])c(-c2cccc(-c3cc(C(C)(C)C)cc(C(C)(C)C)c3)c2-[n+]2[c-]n(-c3cccc(Oc4ccc5c6cc(-n7c8ccccc8c8ccccc87)ccc6n(-c6cc(C(C)C(C)(C)C)ccn6)c5c4)c3)c3ccccc32)c([2H])c1[2H]. The van der Waals surface area contributed by atoms with Crippen molar-refractivity contribution in [1.29, 1.82) is 0 Å². The number of aromatic nitrogens is 5. The Morgan fingerprint density at radius 1 is 0.500 bits per heavy atom. The highest BCUT2D eigenvalue weighted by molar-refractivity contribution is 6.12. The summed E-state index contributed by atoms with van der Waals surface area (Å²) in [6.07, 6.45) is 5.66. The molecule has 6 nitrogen and oxygen atoms in total. The Hall–Kier alpha value is -9.00. The molecule has 1 unspecified atom stereocenters. The highest BCUT2D eigenvalue weighted by atomic mass is 16.5. The molecular formula is C74H67N5O. The van der Waals surface area contributed by atoms with Crippen LogP contribution in [0.2, 0.25) is 0 Å². The maximum atomic E-state index is 9.30. The molecule has 13 aromatic rings. The van der Waals surface area contributed by atoms with E-state index in [1.165, 1.54) is 16.3 Å². The van der Waals surface area contributed by atoms with E-state index in [0.29, 0.717) is 22.7 Å². The Morgan fingerprint density at radius 3 is 1.80 bits per heavy atom. The van der Waals surface area contributed by atoms with Gasteiger partial charge in [0, 0.05) is 39.5 Å². The Bertz CT molecular complexity index is 4740. The highest BCUT2D eigenvalue weighted by Gasteiger charge is 2.27. The van der Waals surface area contributed by atoms with E-state index in [0.717, 1.165) is 83.3 Å². The maximum Gasteiger partial charge on any atom is 0.269 e. The number of hydrogen-bond acceptors (Lipinski definition) is 2. The molecule has 13 rings (SSSR count). The number of para-hydroxylation sites is 5. The van der Waals surface area contributed by atoms with Crippen LogP contribution in [0.4, 0.5) is 0 Å². The summed E-state index contributed by atoms with van der Waals surface area (Å²) < 4.78 is 60.3. The smallest absolute Gasteiger partial charge is 0.269 e. The molecule has 0 aliphatic rings. The van der Waals surface area contributed by atoms with Crippen molar-refractivity contribution < 1.29 is 16.2 Å². The number of imidazole rings is 1. The second-order valence-electron chi connectivity index (χ2n) is 24.5. The van der Waals surface area contributed by atoms with E-state index in [9.17, 15) is 2.74 Å². The van der Waals surface area contributed by atoms with Gasteiger partial charge in [-0.2, -0.15) is 0 Å². The van der Waals surface area contributed by atoms with Crippen LogP contribution in [0.25, 0.3) is 99.8 Å². The van der Waals surface area contributed by atoms with Crippen molar-refractivity contribution in [3.63, 3.8) is 0 Å². The van der Waals surface area contributed by atoms with Crippen molar-refractivity contribution in [3.8, 4) is 56.6 Å². The first-order valence-electron chi connectivity index (χ1n) is 30.2. The quantitative estimate of drug-likeness (QED) is 0.107. The fraction of sp³-hybridized carbons (Fsp3) is 0.189. The monoisotopic (exact) mass is 1050 g/mol. The van der Waals surface area contributed by atoms with Gasteiger partial charge < -0.3 is 9.30 Å². The third-order valence-electron chi connectivity index (χ3n) is 16.2. The summed E-state index contributed by atoms with van der Waals surface area (Å²) in [5.41, 5.74) is 13.9. The molecule has 80 heavy (non-hydrogen) atoms. The molecule has 0 saturated heterocycles. The van der Waals surface area contributed by atoms with Crippen molar-refractivity contribution in [2.75, 3.05) is 0 Å². The fourth-order valence-corrected chi connectivity index (χ4v) is 11.5. The lowest BCUT2D eigenvalue weighted by Gasteiger charge is -2.27. The third kappa shape index (κ3) is 8.84. The van der Waals surface area contributed by atoms with Gasteiger partial charge >= 0.3 is 0 Å². The van der Waals surface area contributed by atoms with E-state index in [-0.39, 0.29) is 39.8 Å². The third-order valence-corrected chi connectivity index (χ3v) is 16.2. The van der Waals surface area contributed by atoms with Crippen LogP contribution in [0.1, 0.15) is 98.7 Å². The Balaban J connectivity index is 0.967. The molecule has 4 heterocycles. The van der Waals surface area contributed by atoms with Crippen LogP contribution < -0.4 is 9.30 Å². The Labute approximate surface area is 476 Å². The lowest BCUT2D eigenvalue weighted by molar-refractivity contribution is -0.571. The number of rotatable bonds is 9. The molecule has 6 heteroatoms. The Kier molecular flexibility index (Phi) is 10.7. The van der Waals surface area contributed by atoms with Crippen molar-refractivity contribution in [1.82, 2.24) is 18.7 Å². The molecule has 0 spiro atoms. The number of benzene rings is 9. The van der Waals surface area contributed by atoms with Gasteiger partial charge in [-0.1, -0.05) is 203 Å². The van der Waals surface area contributed by atoms with Crippen LogP contribution >= 0.6 is 0 Å². The first-order chi connectivity index (χ1) is 40.5. The van der Waals surface area contributed by atoms with Crippen LogP contribution in [-0.4, -0.2) is 18.7 Å². The van der Waals surface area contributed by atoms with Gasteiger partial charge in [0.05, 0.1) is 51.3 Å². The van der Waals surface area contributed by atoms with Crippen LogP contribution in [0.15, 0.2) is 218 Å². The molecular weight excluding hydrogens is 975 g/mol. The first kappa shape index (κ1) is 44.9. The van der Waals surface area contributed by atoms with Crippen LogP contribution in [0, 0.1) is 11.7 Å². The summed E-state index contributed by atoms with van der Waals surface area (Å²) >= 11 is 0. The van der Waals surface area contributed by atoms with Crippen molar-refractivity contribution in [2.45, 2.75) is 86.0 Å². The number of pyridine rings is 1. The van der Waals surface area contributed by atoms with Crippen LogP contribution in [-0.2, 0) is 10.8 Å².